The van der Waals surface area contributed by atoms with Gasteiger partial charge in [-0.3, -0.25) is 0 Å². The summed E-state index contributed by atoms with van der Waals surface area (Å²) < 4.78 is 12.3. The van der Waals surface area contributed by atoms with Crippen LogP contribution in [0.2, 0.25) is 0 Å². The molecule has 2 aromatic rings. The van der Waals surface area contributed by atoms with Crippen LogP contribution in [0.4, 0.5) is 0 Å². The number of benzene rings is 2. The molecule has 1 heterocycles. The van der Waals surface area contributed by atoms with Crippen LogP contribution in [-0.4, -0.2) is 19.3 Å². The van der Waals surface area contributed by atoms with Gasteiger partial charge in [-0.1, -0.05) is 127 Å². The van der Waals surface area contributed by atoms with Gasteiger partial charge in [-0.05, 0) is 66.2 Å². The van der Waals surface area contributed by atoms with Crippen LogP contribution < -0.4 is 0 Å². The molecule has 0 aromatic heterocycles. The molecule has 1 aliphatic carbocycles. The maximum atomic E-state index is 6.20. The fraction of sp³-hybridized carbons (Fsp3) is 0.657. The minimum absolute atomic E-state index is 0.0644. The minimum atomic E-state index is 0.0644. The van der Waals surface area contributed by atoms with Gasteiger partial charge >= 0.3 is 0 Å². The second-order valence-electron chi connectivity index (χ2n) is 11.8. The van der Waals surface area contributed by atoms with Crippen LogP contribution >= 0.6 is 0 Å². The van der Waals surface area contributed by atoms with Crippen molar-refractivity contribution in [2.45, 2.75) is 128 Å². The maximum Gasteiger partial charge on any atom is 0.106 e. The van der Waals surface area contributed by atoms with Gasteiger partial charge in [0.1, 0.15) is 6.10 Å². The number of hydrogen-bond donors (Lipinski definition) is 0. The van der Waals surface area contributed by atoms with Crippen LogP contribution in [0.25, 0.3) is 11.1 Å². The lowest BCUT2D eigenvalue weighted by atomic mass is 9.77. The first-order valence-electron chi connectivity index (χ1n) is 15.7. The van der Waals surface area contributed by atoms with Gasteiger partial charge in [0.2, 0.25) is 0 Å². The van der Waals surface area contributed by atoms with E-state index in [0.29, 0.717) is 6.61 Å². The highest BCUT2D eigenvalue weighted by atomic mass is 16.6. The number of ether oxygens (including phenoxy) is 2. The summed E-state index contributed by atoms with van der Waals surface area (Å²) in [6.45, 7) is 5.97. The zero-order chi connectivity index (χ0) is 25.7. The zero-order valence-electron chi connectivity index (χ0n) is 23.8. The Bertz CT molecular complexity index is 855. The van der Waals surface area contributed by atoms with Crippen molar-refractivity contribution in [2.75, 3.05) is 13.2 Å². The lowest BCUT2D eigenvalue weighted by Crippen LogP contribution is -2.31. The third-order valence-electron chi connectivity index (χ3n) is 8.91. The van der Waals surface area contributed by atoms with E-state index in [4.69, 9.17) is 9.47 Å². The van der Waals surface area contributed by atoms with E-state index in [9.17, 15) is 0 Å². The van der Waals surface area contributed by atoms with Crippen molar-refractivity contribution in [3.63, 3.8) is 0 Å². The molecule has 2 aromatic carbocycles. The highest BCUT2D eigenvalue weighted by Gasteiger charge is 2.24. The number of hydrogen-bond acceptors (Lipinski definition) is 2. The topological polar surface area (TPSA) is 18.5 Å². The first-order valence-corrected chi connectivity index (χ1v) is 15.7. The maximum absolute atomic E-state index is 6.20. The van der Waals surface area contributed by atoms with Crippen molar-refractivity contribution in [3.05, 3.63) is 59.7 Å². The summed E-state index contributed by atoms with van der Waals surface area (Å²) in [5.74, 6) is 1.73. The summed E-state index contributed by atoms with van der Waals surface area (Å²) >= 11 is 0. The van der Waals surface area contributed by atoms with Crippen LogP contribution in [-0.2, 0) is 9.47 Å². The second-order valence-corrected chi connectivity index (χ2v) is 11.8. The number of rotatable bonds is 14. The highest BCUT2D eigenvalue weighted by molar-refractivity contribution is 5.64. The third-order valence-corrected chi connectivity index (χ3v) is 8.91. The predicted molar refractivity (Wildman–Crippen MR) is 157 cm³/mol. The molecule has 1 saturated heterocycles. The van der Waals surface area contributed by atoms with Crippen molar-refractivity contribution in [1.82, 2.24) is 0 Å². The smallest absolute Gasteiger partial charge is 0.106 e. The first-order chi connectivity index (χ1) is 18.3. The lowest BCUT2D eigenvalue weighted by molar-refractivity contribution is -0.137. The predicted octanol–water partition coefficient (Wildman–Crippen LogP) is 10.4. The minimum Gasteiger partial charge on any atom is -0.373 e. The van der Waals surface area contributed by atoms with Gasteiger partial charge in [0.05, 0.1) is 19.3 Å². The van der Waals surface area contributed by atoms with Gasteiger partial charge < -0.3 is 9.47 Å². The fourth-order valence-electron chi connectivity index (χ4n) is 6.36. The molecule has 37 heavy (non-hydrogen) atoms. The molecule has 0 amide bonds. The first kappa shape index (κ1) is 28.4. The molecule has 0 unspecified atom stereocenters. The Morgan fingerprint density at radius 3 is 1.73 bits per heavy atom. The molecule has 2 atom stereocenters. The van der Waals surface area contributed by atoms with Crippen LogP contribution in [0.1, 0.15) is 133 Å². The molecular weight excluding hydrogens is 452 g/mol. The fourth-order valence-corrected chi connectivity index (χ4v) is 6.36. The summed E-state index contributed by atoms with van der Waals surface area (Å²) in [5.41, 5.74) is 5.36. The molecule has 0 radical (unpaired) electrons. The Kier molecular flexibility index (Phi) is 12.0. The van der Waals surface area contributed by atoms with Crippen molar-refractivity contribution < 1.29 is 9.47 Å². The molecule has 1 saturated carbocycles. The monoisotopic (exact) mass is 504 g/mol. The SMILES string of the molecule is CCCCCCC[C@H]1CO[C@H](c2ccc(-c3ccc(C4CCC(CCCCCC)CC4)cc3)cc2)CO1. The molecule has 1 aliphatic heterocycles. The number of unbranched alkanes of at least 4 members (excludes halogenated alkanes) is 7. The summed E-state index contributed by atoms with van der Waals surface area (Å²) in [4.78, 5) is 0. The van der Waals surface area contributed by atoms with E-state index in [1.54, 1.807) is 0 Å². The largest absolute Gasteiger partial charge is 0.373 e. The molecule has 0 spiro atoms. The van der Waals surface area contributed by atoms with Crippen LogP contribution in [0.5, 0.6) is 0 Å². The van der Waals surface area contributed by atoms with Gasteiger partial charge in [-0.2, -0.15) is 0 Å². The van der Waals surface area contributed by atoms with Crippen LogP contribution in [0, 0.1) is 5.92 Å². The van der Waals surface area contributed by atoms with Crippen LogP contribution in [0.15, 0.2) is 48.5 Å². The van der Waals surface area contributed by atoms with Crippen molar-refractivity contribution in [3.8, 4) is 11.1 Å². The van der Waals surface area contributed by atoms with Crippen molar-refractivity contribution in [2.24, 2.45) is 5.92 Å². The van der Waals surface area contributed by atoms with Gasteiger partial charge in [0.15, 0.2) is 0 Å². The van der Waals surface area contributed by atoms with Gasteiger partial charge in [0.25, 0.3) is 0 Å². The summed E-state index contributed by atoms with van der Waals surface area (Å²) in [7, 11) is 0. The summed E-state index contributed by atoms with van der Waals surface area (Å²) in [6.07, 6.45) is 20.7. The molecule has 2 heteroatoms. The van der Waals surface area contributed by atoms with E-state index in [1.165, 1.54) is 112 Å². The molecule has 2 aliphatic rings. The Hall–Kier alpha value is -1.64. The Labute approximate surface area is 227 Å². The standard InChI is InChI=1S/C35H52O2/c1-3-5-7-9-11-13-34-26-37-35(27-36-34)33-24-22-32(23-25-33)31-20-18-30(19-21-31)29-16-14-28(15-17-29)12-10-8-6-4-2/h18-25,28-29,34-35H,3-17,26-27H2,1-2H3/t28?,29?,34-,35-/m0/s1. The molecular formula is C35H52O2. The average Bonchev–Trinajstić information content (AvgIpc) is 2.96. The molecule has 2 fully saturated rings. The van der Waals surface area contributed by atoms with E-state index >= 15 is 0 Å². The lowest BCUT2D eigenvalue weighted by Gasteiger charge is -2.30. The summed E-state index contributed by atoms with van der Waals surface area (Å²) in [6, 6.07) is 18.4. The van der Waals surface area contributed by atoms with Crippen LogP contribution in [0.3, 0.4) is 0 Å². The molecule has 4 rings (SSSR count). The molecule has 204 valence electrons. The van der Waals surface area contributed by atoms with E-state index < -0.39 is 0 Å². The Morgan fingerprint density at radius 2 is 1.14 bits per heavy atom. The van der Waals surface area contributed by atoms with E-state index in [0.717, 1.165) is 24.9 Å². The average molecular weight is 505 g/mol. The Balaban J connectivity index is 1.20. The van der Waals surface area contributed by atoms with Gasteiger partial charge in [-0.25, -0.2) is 0 Å². The molecule has 0 N–H and O–H groups in total. The van der Waals surface area contributed by atoms with E-state index in [1.807, 2.05) is 0 Å². The summed E-state index contributed by atoms with van der Waals surface area (Å²) in [5, 5.41) is 0. The van der Waals surface area contributed by atoms with Crippen molar-refractivity contribution in [1.29, 1.82) is 0 Å². The van der Waals surface area contributed by atoms with Gasteiger partial charge in [-0.15, -0.1) is 0 Å². The third kappa shape index (κ3) is 8.96. The Morgan fingerprint density at radius 1 is 0.568 bits per heavy atom. The second kappa shape index (κ2) is 15.7. The highest BCUT2D eigenvalue weighted by Crippen LogP contribution is 2.38. The normalized spacial score (nSPS) is 24.3. The van der Waals surface area contributed by atoms with E-state index in [-0.39, 0.29) is 12.2 Å². The molecule has 0 bridgehead atoms. The zero-order valence-corrected chi connectivity index (χ0v) is 23.8. The van der Waals surface area contributed by atoms with Crippen molar-refractivity contribution >= 4 is 0 Å². The quantitative estimate of drug-likeness (QED) is 0.238. The molecule has 2 nitrogen and oxygen atoms in total. The van der Waals surface area contributed by atoms with E-state index in [2.05, 4.69) is 62.4 Å². The van der Waals surface area contributed by atoms with Gasteiger partial charge in [0, 0.05) is 0 Å².